The Kier molecular flexibility index (Phi) is 11.9. The Morgan fingerprint density at radius 1 is 0.951 bits per heavy atom. The molecule has 0 spiro atoms. The van der Waals surface area contributed by atoms with Crippen LogP contribution in [-0.4, -0.2) is 93.8 Å². The fourth-order valence-corrected chi connectivity index (χ4v) is 5.35. The van der Waals surface area contributed by atoms with Crippen molar-refractivity contribution in [1.82, 2.24) is 19.8 Å². The molecule has 0 aliphatic carbocycles. The number of hydrogen-bond acceptors (Lipinski definition) is 9. The molecule has 0 atom stereocenters. The van der Waals surface area contributed by atoms with Gasteiger partial charge in [0.05, 0.1) is 47.6 Å². The maximum absolute atomic E-state index is 5.86. The smallest absolute Gasteiger partial charge is 0.205 e. The molecule has 10 heteroatoms. The number of aromatic nitrogens is 2. The van der Waals surface area contributed by atoms with Gasteiger partial charge in [0.1, 0.15) is 22.8 Å². The van der Waals surface area contributed by atoms with Gasteiger partial charge in [-0.1, -0.05) is 27.2 Å². The van der Waals surface area contributed by atoms with Crippen LogP contribution in [0.1, 0.15) is 53.3 Å². The topological polar surface area (TPSA) is 93.7 Å². The van der Waals surface area contributed by atoms with Crippen LogP contribution in [0.4, 0.5) is 0 Å². The highest BCUT2D eigenvalue weighted by Crippen LogP contribution is 2.42. The Morgan fingerprint density at radius 3 is 2.15 bits per heavy atom. The molecule has 0 saturated carbocycles. The van der Waals surface area contributed by atoms with Gasteiger partial charge in [-0.25, -0.2) is 4.98 Å². The van der Waals surface area contributed by atoms with E-state index in [0.29, 0.717) is 17.2 Å². The number of fused-ring (bicyclic) bond motifs is 1. The third kappa shape index (κ3) is 7.74. The minimum absolute atomic E-state index is 0.194. The molecule has 1 aromatic heterocycles. The third-order valence-corrected chi connectivity index (χ3v) is 7.34. The summed E-state index contributed by atoms with van der Waals surface area (Å²) in [5.74, 6) is 4.36. The fraction of sp³-hybridized carbons (Fsp3) is 0.613. The Morgan fingerprint density at radius 2 is 1.61 bits per heavy atom. The second-order valence-corrected chi connectivity index (χ2v) is 10.8. The van der Waals surface area contributed by atoms with Crippen molar-refractivity contribution >= 4 is 16.7 Å². The molecule has 0 bridgehead atoms. The lowest BCUT2D eigenvalue weighted by atomic mass is 10.0. The number of hydrogen-bond donors (Lipinski definition) is 1. The van der Waals surface area contributed by atoms with Crippen molar-refractivity contribution in [2.75, 3.05) is 68.3 Å². The first-order valence-corrected chi connectivity index (χ1v) is 14.4. The standard InChI is InChI=1S/C31H49N5O5/c1-11-12-21(4)26(30(40-9)28(38-7)20(2)3)32-22(5)18-35-13-15-36(16-14-35)19-25-33-23-17-24(37-6)29(39-8)31(41-10)27(23)34-25/h17,20H,11-16,18-19H2,1-10H3,(H,33,34)/b26-21-,30-28-,32-22?. The van der Waals surface area contributed by atoms with Crippen LogP contribution in [0, 0.1) is 5.92 Å². The maximum atomic E-state index is 5.86. The number of ether oxygens (including phenoxy) is 5. The van der Waals surface area contributed by atoms with E-state index in [4.69, 9.17) is 33.7 Å². The summed E-state index contributed by atoms with van der Waals surface area (Å²) in [6.45, 7) is 16.0. The quantitative estimate of drug-likeness (QED) is 0.183. The maximum Gasteiger partial charge on any atom is 0.205 e. The van der Waals surface area contributed by atoms with Gasteiger partial charge in [-0.15, -0.1) is 0 Å². The molecular weight excluding hydrogens is 522 g/mol. The highest BCUT2D eigenvalue weighted by atomic mass is 16.5. The predicted molar refractivity (Wildman–Crippen MR) is 164 cm³/mol. The fourth-order valence-electron chi connectivity index (χ4n) is 5.35. The summed E-state index contributed by atoms with van der Waals surface area (Å²) in [6, 6.07) is 1.90. The van der Waals surface area contributed by atoms with Gasteiger partial charge in [-0.05, 0) is 25.8 Å². The molecule has 0 unspecified atom stereocenters. The predicted octanol–water partition coefficient (Wildman–Crippen LogP) is 5.40. The minimum atomic E-state index is 0.194. The molecule has 2 heterocycles. The van der Waals surface area contributed by atoms with Crippen molar-refractivity contribution in [2.24, 2.45) is 10.9 Å². The van der Waals surface area contributed by atoms with E-state index < -0.39 is 0 Å². The number of imidazole rings is 1. The lowest BCUT2D eigenvalue weighted by Crippen LogP contribution is -2.47. The van der Waals surface area contributed by atoms with Gasteiger partial charge < -0.3 is 28.7 Å². The molecular formula is C31H49N5O5. The van der Waals surface area contributed by atoms with Gasteiger partial charge in [0.2, 0.25) is 5.75 Å². The average molecular weight is 572 g/mol. The molecule has 10 nitrogen and oxygen atoms in total. The zero-order valence-corrected chi connectivity index (χ0v) is 26.6. The zero-order valence-electron chi connectivity index (χ0n) is 26.6. The van der Waals surface area contributed by atoms with Gasteiger partial charge in [0.25, 0.3) is 0 Å². The largest absolute Gasteiger partial charge is 0.497 e. The van der Waals surface area contributed by atoms with Gasteiger partial charge in [-0.2, -0.15) is 0 Å². The van der Waals surface area contributed by atoms with E-state index in [-0.39, 0.29) is 5.92 Å². The second kappa shape index (κ2) is 15.1. The normalized spacial score (nSPS) is 16.5. The van der Waals surface area contributed by atoms with Gasteiger partial charge >= 0.3 is 0 Å². The zero-order chi connectivity index (χ0) is 30.1. The number of methoxy groups -OCH3 is 5. The second-order valence-electron chi connectivity index (χ2n) is 10.8. The summed E-state index contributed by atoms with van der Waals surface area (Å²) in [5, 5.41) is 0. The number of H-pyrrole nitrogens is 1. The Hall–Kier alpha value is -3.24. The van der Waals surface area contributed by atoms with Crippen molar-refractivity contribution in [2.45, 2.75) is 54.0 Å². The van der Waals surface area contributed by atoms with E-state index in [1.165, 1.54) is 5.57 Å². The van der Waals surface area contributed by atoms with E-state index in [2.05, 4.69) is 49.4 Å². The summed E-state index contributed by atoms with van der Waals surface area (Å²) in [6.07, 6.45) is 2.01. The van der Waals surface area contributed by atoms with Crippen molar-refractivity contribution in [3.63, 3.8) is 0 Å². The van der Waals surface area contributed by atoms with Crippen LogP contribution in [0.2, 0.25) is 0 Å². The Bertz CT molecular complexity index is 1260. The molecule has 228 valence electrons. The van der Waals surface area contributed by atoms with E-state index in [1.54, 1.807) is 35.5 Å². The van der Waals surface area contributed by atoms with Crippen LogP contribution in [0.15, 0.2) is 33.8 Å². The molecule has 0 radical (unpaired) electrons. The molecule has 1 aromatic carbocycles. The third-order valence-electron chi connectivity index (χ3n) is 7.34. The van der Waals surface area contributed by atoms with Crippen molar-refractivity contribution in [3.8, 4) is 17.2 Å². The van der Waals surface area contributed by atoms with Gasteiger partial charge in [-0.3, -0.25) is 14.8 Å². The summed E-state index contributed by atoms with van der Waals surface area (Å²) in [5.41, 5.74) is 4.77. The van der Waals surface area contributed by atoms with E-state index in [0.717, 1.165) is 91.9 Å². The van der Waals surface area contributed by atoms with Crippen LogP contribution < -0.4 is 14.2 Å². The molecule has 3 rings (SSSR count). The van der Waals surface area contributed by atoms with E-state index in [9.17, 15) is 0 Å². The van der Waals surface area contributed by atoms with Crippen LogP contribution >= 0.6 is 0 Å². The van der Waals surface area contributed by atoms with Crippen molar-refractivity contribution in [3.05, 3.63) is 34.7 Å². The molecule has 1 aliphatic heterocycles. The molecule has 2 aromatic rings. The highest BCUT2D eigenvalue weighted by Gasteiger charge is 2.23. The Balaban J connectivity index is 1.70. The number of rotatable bonds is 14. The number of piperazine rings is 1. The lowest BCUT2D eigenvalue weighted by Gasteiger charge is -2.34. The highest BCUT2D eigenvalue weighted by molar-refractivity contribution is 5.88. The number of nitrogens with one attached hydrogen (secondary N) is 1. The van der Waals surface area contributed by atoms with Crippen molar-refractivity contribution < 1.29 is 23.7 Å². The van der Waals surface area contributed by atoms with Crippen molar-refractivity contribution in [1.29, 1.82) is 0 Å². The number of aliphatic imine (C=N–C) groups is 1. The summed E-state index contributed by atoms with van der Waals surface area (Å²) in [7, 11) is 8.24. The molecule has 1 saturated heterocycles. The van der Waals surface area contributed by atoms with E-state index in [1.807, 2.05) is 6.07 Å². The van der Waals surface area contributed by atoms with Crippen LogP contribution in [0.5, 0.6) is 17.2 Å². The van der Waals surface area contributed by atoms with Crippen LogP contribution in [-0.2, 0) is 16.0 Å². The molecule has 1 fully saturated rings. The van der Waals surface area contributed by atoms with Crippen LogP contribution in [0.25, 0.3) is 11.0 Å². The molecule has 41 heavy (non-hydrogen) atoms. The number of allylic oxidation sites excluding steroid dienone is 2. The minimum Gasteiger partial charge on any atom is -0.497 e. The molecule has 1 aliphatic rings. The summed E-state index contributed by atoms with van der Waals surface area (Å²) >= 11 is 0. The first-order valence-electron chi connectivity index (χ1n) is 14.4. The number of benzene rings is 1. The van der Waals surface area contributed by atoms with Gasteiger partial charge in [0, 0.05) is 50.4 Å². The summed E-state index contributed by atoms with van der Waals surface area (Å²) < 4.78 is 28.2. The lowest BCUT2D eigenvalue weighted by molar-refractivity contribution is 0.137. The first kappa shape index (κ1) is 32.3. The van der Waals surface area contributed by atoms with Crippen LogP contribution in [0.3, 0.4) is 0 Å². The monoisotopic (exact) mass is 571 g/mol. The Labute approximate surface area is 245 Å². The van der Waals surface area contributed by atoms with Gasteiger partial charge in [0.15, 0.2) is 17.3 Å². The molecule has 1 N–H and O–H groups in total. The average Bonchev–Trinajstić information content (AvgIpc) is 3.36. The van der Waals surface area contributed by atoms with E-state index >= 15 is 0 Å². The molecule has 0 amide bonds. The number of nitrogens with zero attached hydrogens (tertiary/aromatic N) is 4. The SMILES string of the molecule is CCC/C(C)=C(N=C(C)CN1CCN(Cc2nc3c(OC)c(OC)c(OC)cc3[nH]2)CC1)/C(OC)=C(/OC)C(C)C. The summed E-state index contributed by atoms with van der Waals surface area (Å²) in [4.78, 5) is 18.2. The first-order chi connectivity index (χ1) is 19.7. The number of aromatic amines is 1.